The highest BCUT2D eigenvalue weighted by Gasteiger charge is 2.17. The predicted octanol–water partition coefficient (Wildman–Crippen LogP) is 0.538. The lowest BCUT2D eigenvalue weighted by Gasteiger charge is -2.21. The summed E-state index contributed by atoms with van der Waals surface area (Å²) in [4.78, 5) is 22.1. The molecule has 98 valence electrons. The molecule has 3 N–H and O–H groups in total. The molecule has 2 heterocycles. The molecular weight excluding hydrogens is 242 g/mol. The van der Waals surface area contributed by atoms with Crippen molar-refractivity contribution < 1.29 is 4.79 Å². The van der Waals surface area contributed by atoms with Crippen molar-refractivity contribution in [3.8, 4) is 0 Å². The van der Waals surface area contributed by atoms with Crippen molar-refractivity contribution in [1.82, 2.24) is 15.3 Å². The summed E-state index contributed by atoms with van der Waals surface area (Å²) in [5, 5.41) is 3.82. The molecule has 1 aromatic carbocycles. The number of nitrogens with zero attached hydrogens (tertiary/aromatic N) is 3. The Balaban J connectivity index is 2.02. The summed E-state index contributed by atoms with van der Waals surface area (Å²) < 4.78 is 0. The number of carbonyl (C=O) groups is 1. The molecule has 0 unspecified atom stereocenters. The van der Waals surface area contributed by atoms with Gasteiger partial charge in [-0.2, -0.15) is 0 Å². The van der Waals surface area contributed by atoms with Gasteiger partial charge in [0.2, 0.25) is 5.91 Å². The van der Waals surface area contributed by atoms with Crippen molar-refractivity contribution in [2.24, 2.45) is 0 Å². The lowest BCUT2D eigenvalue weighted by molar-refractivity contribution is -0.120. The maximum absolute atomic E-state index is 11.4. The number of carbonyl (C=O) groups excluding carboxylic acids is 1. The van der Waals surface area contributed by atoms with Crippen LogP contribution in [0.2, 0.25) is 0 Å². The molecule has 1 aliphatic heterocycles. The standard InChI is InChI=1S/C13H15N5O/c14-9-1-2-10-11(7-9)16-8-17-13(10)18-5-3-12(19)15-4-6-18/h1-2,7-8H,3-6,14H2,(H,15,19). The van der Waals surface area contributed by atoms with E-state index in [-0.39, 0.29) is 5.91 Å². The van der Waals surface area contributed by atoms with E-state index in [9.17, 15) is 4.79 Å². The van der Waals surface area contributed by atoms with Crippen molar-refractivity contribution in [3.63, 3.8) is 0 Å². The third-order valence-electron chi connectivity index (χ3n) is 3.25. The number of nitrogens with one attached hydrogen (secondary N) is 1. The number of hydrogen-bond donors (Lipinski definition) is 2. The van der Waals surface area contributed by atoms with Crippen LogP contribution in [0.1, 0.15) is 6.42 Å². The normalized spacial score (nSPS) is 16.2. The second-order valence-corrected chi connectivity index (χ2v) is 4.56. The Bertz CT molecular complexity index is 627. The zero-order valence-electron chi connectivity index (χ0n) is 10.5. The minimum absolute atomic E-state index is 0.0881. The molecule has 6 nitrogen and oxygen atoms in total. The fourth-order valence-electron chi connectivity index (χ4n) is 2.29. The number of nitrogen functional groups attached to an aromatic ring is 1. The Labute approximate surface area is 110 Å². The van der Waals surface area contributed by atoms with E-state index in [0.717, 1.165) is 23.3 Å². The van der Waals surface area contributed by atoms with E-state index in [1.165, 1.54) is 6.33 Å². The van der Waals surface area contributed by atoms with Crippen molar-refractivity contribution in [2.75, 3.05) is 30.3 Å². The van der Waals surface area contributed by atoms with Crippen LogP contribution in [-0.2, 0) is 4.79 Å². The maximum Gasteiger partial charge on any atom is 0.221 e. The van der Waals surface area contributed by atoms with Crippen molar-refractivity contribution in [1.29, 1.82) is 0 Å². The number of aromatic nitrogens is 2. The van der Waals surface area contributed by atoms with Crippen molar-refractivity contribution in [3.05, 3.63) is 24.5 Å². The van der Waals surface area contributed by atoms with Gasteiger partial charge in [-0.3, -0.25) is 4.79 Å². The maximum atomic E-state index is 11.4. The van der Waals surface area contributed by atoms with Crippen LogP contribution in [0, 0.1) is 0 Å². The number of rotatable bonds is 1. The molecule has 0 bridgehead atoms. The molecular formula is C13H15N5O. The molecule has 0 aliphatic carbocycles. The lowest BCUT2D eigenvalue weighted by Crippen LogP contribution is -2.29. The van der Waals surface area contributed by atoms with Gasteiger partial charge in [-0.05, 0) is 18.2 Å². The van der Waals surface area contributed by atoms with Gasteiger partial charge in [0.1, 0.15) is 12.1 Å². The Hall–Kier alpha value is -2.37. The van der Waals surface area contributed by atoms with Gasteiger partial charge in [0.05, 0.1) is 5.52 Å². The predicted molar refractivity (Wildman–Crippen MR) is 73.8 cm³/mol. The largest absolute Gasteiger partial charge is 0.399 e. The van der Waals surface area contributed by atoms with E-state index in [0.29, 0.717) is 25.2 Å². The highest BCUT2D eigenvalue weighted by molar-refractivity contribution is 5.91. The smallest absolute Gasteiger partial charge is 0.221 e. The van der Waals surface area contributed by atoms with Gasteiger partial charge in [-0.15, -0.1) is 0 Å². The van der Waals surface area contributed by atoms with Gasteiger partial charge in [-0.1, -0.05) is 0 Å². The fourth-order valence-corrected chi connectivity index (χ4v) is 2.29. The first-order valence-electron chi connectivity index (χ1n) is 6.26. The molecule has 1 aliphatic rings. The number of hydrogen-bond acceptors (Lipinski definition) is 5. The minimum Gasteiger partial charge on any atom is -0.399 e. The quantitative estimate of drug-likeness (QED) is 0.728. The van der Waals surface area contributed by atoms with E-state index < -0.39 is 0 Å². The summed E-state index contributed by atoms with van der Waals surface area (Å²) in [6, 6.07) is 5.61. The molecule has 1 amide bonds. The fraction of sp³-hybridized carbons (Fsp3) is 0.308. The van der Waals surface area contributed by atoms with Crippen LogP contribution in [0.3, 0.4) is 0 Å². The first-order chi connectivity index (χ1) is 9.24. The molecule has 6 heteroatoms. The van der Waals surface area contributed by atoms with Gasteiger partial charge in [0.15, 0.2) is 0 Å². The van der Waals surface area contributed by atoms with E-state index in [1.54, 1.807) is 0 Å². The summed E-state index contributed by atoms with van der Waals surface area (Å²) in [7, 11) is 0. The van der Waals surface area contributed by atoms with Crippen molar-refractivity contribution in [2.45, 2.75) is 6.42 Å². The highest BCUT2D eigenvalue weighted by Crippen LogP contribution is 2.24. The zero-order valence-corrected chi connectivity index (χ0v) is 10.5. The molecule has 1 fully saturated rings. The summed E-state index contributed by atoms with van der Waals surface area (Å²) in [5.74, 6) is 0.951. The SMILES string of the molecule is Nc1ccc2c(N3CCNC(=O)CC3)ncnc2c1. The van der Waals surface area contributed by atoms with E-state index in [1.807, 2.05) is 18.2 Å². The minimum atomic E-state index is 0.0881. The van der Waals surface area contributed by atoms with Gasteiger partial charge in [0, 0.05) is 37.1 Å². The number of nitrogens with two attached hydrogens (primary N) is 1. The van der Waals surface area contributed by atoms with Crippen LogP contribution in [0.25, 0.3) is 10.9 Å². The highest BCUT2D eigenvalue weighted by atomic mass is 16.1. The number of benzene rings is 1. The summed E-state index contributed by atoms with van der Waals surface area (Å²) in [6.45, 7) is 2.06. The summed E-state index contributed by atoms with van der Waals surface area (Å²) >= 11 is 0. The second kappa shape index (κ2) is 4.72. The molecule has 0 radical (unpaired) electrons. The Morgan fingerprint density at radius 1 is 1.26 bits per heavy atom. The molecule has 1 aromatic heterocycles. The van der Waals surface area contributed by atoms with Crippen LogP contribution >= 0.6 is 0 Å². The molecule has 3 rings (SSSR count). The van der Waals surface area contributed by atoms with Gasteiger partial charge >= 0.3 is 0 Å². The topological polar surface area (TPSA) is 84.1 Å². The van der Waals surface area contributed by atoms with Gasteiger partial charge in [0.25, 0.3) is 0 Å². The average Bonchev–Trinajstić information content (AvgIpc) is 2.62. The average molecular weight is 257 g/mol. The summed E-state index contributed by atoms with van der Waals surface area (Å²) in [6.07, 6.45) is 2.03. The number of anilines is 2. The van der Waals surface area contributed by atoms with E-state index >= 15 is 0 Å². The second-order valence-electron chi connectivity index (χ2n) is 4.56. The van der Waals surface area contributed by atoms with Crippen LogP contribution in [-0.4, -0.2) is 35.5 Å². The van der Waals surface area contributed by atoms with Crippen LogP contribution < -0.4 is 16.0 Å². The Morgan fingerprint density at radius 2 is 2.16 bits per heavy atom. The monoisotopic (exact) mass is 257 g/mol. The lowest BCUT2D eigenvalue weighted by atomic mass is 10.2. The first kappa shape index (κ1) is 11.7. The molecule has 2 aromatic rings. The van der Waals surface area contributed by atoms with E-state index in [4.69, 9.17) is 5.73 Å². The Kier molecular flexibility index (Phi) is 2.91. The van der Waals surface area contributed by atoms with Crippen LogP contribution in [0.5, 0.6) is 0 Å². The molecule has 0 atom stereocenters. The molecule has 19 heavy (non-hydrogen) atoms. The van der Waals surface area contributed by atoms with Gasteiger partial charge in [-0.25, -0.2) is 9.97 Å². The van der Waals surface area contributed by atoms with Gasteiger partial charge < -0.3 is 16.0 Å². The molecule has 0 saturated carbocycles. The molecule has 0 spiro atoms. The number of fused-ring (bicyclic) bond motifs is 1. The molecule has 1 saturated heterocycles. The van der Waals surface area contributed by atoms with E-state index in [2.05, 4.69) is 20.2 Å². The van der Waals surface area contributed by atoms with Crippen LogP contribution in [0.4, 0.5) is 11.5 Å². The third kappa shape index (κ3) is 2.29. The number of amides is 1. The Morgan fingerprint density at radius 3 is 3.05 bits per heavy atom. The summed E-state index contributed by atoms with van der Waals surface area (Å²) in [5.41, 5.74) is 7.28. The first-order valence-corrected chi connectivity index (χ1v) is 6.26. The van der Waals surface area contributed by atoms with Crippen molar-refractivity contribution >= 4 is 28.3 Å². The zero-order chi connectivity index (χ0) is 13.2. The third-order valence-corrected chi connectivity index (χ3v) is 3.25. The van der Waals surface area contributed by atoms with Crippen LogP contribution in [0.15, 0.2) is 24.5 Å².